The summed E-state index contributed by atoms with van der Waals surface area (Å²) in [4.78, 5) is 15.0. The van der Waals surface area contributed by atoms with Crippen molar-refractivity contribution < 1.29 is 17.9 Å². The van der Waals surface area contributed by atoms with Crippen LogP contribution >= 0.6 is 0 Å². The van der Waals surface area contributed by atoms with Crippen LogP contribution in [0.4, 0.5) is 0 Å². The van der Waals surface area contributed by atoms with Crippen LogP contribution in [0.25, 0.3) is 11.9 Å². The lowest BCUT2D eigenvalue weighted by molar-refractivity contribution is -0.129. The number of aryl methyl sites for hydroxylation is 1. The van der Waals surface area contributed by atoms with Gasteiger partial charge >= 0.3 is 0 Å². The monoisotopic (exact) mass is 474 g/mol. The van der Waals surface area contributed by atoms with Gasteiger partial charge in [-0.25, -0.2) is 13.1 Å². The number of ether oxygens (including phenoxy) is 1. The van der Waals surface area contributed by atoms with Crippen molar-refractivity contribution in [2.24, 2.45) is 0 Å². The number of nitrogens with zero attached hydrogens (tertiary/aromatic N) is 4. The maximum absolute atomic E-state index is 13.2. The lowest BCUT2D eigenvalue weighted by Crippen LogP contribution is -2.44. The number of carbonyl (C=O) groups is 1. The third-order valence-corrected chi connectivity index (χ3v) is 8.35. The number of amides is 1. The van der Waals surface area contributed by atoms with E-state index in [1.165, 1.54) is 0 Å². The molecule has 4 heterocycles. The van der Waals surface area contributed by atoms with E-state index in [4.69, 9.17) is 4.74 Å². The van der Waals surface area contributed by atoms with E-state index in [1.807, 2.05) is 30.7 Å². The van der Waals surface area contributed by atoms with Gasteiger partial charge in [0.05, 0.1) is 23.8 Å². The third-order valence-electron chi connectivity index (χ3n) is 6.60. The molecule has 2 atom stereocenters. The number of sulfone groups is 1. The molecule has 9 heteroatoms. The Morgan fingerprint density at radius 2 is 2.12 bits per heavy atom. The predicted octanol–water partition coefficient (Wildman–Crippen LogP) is 3.08. The van der Waals surface area contributed by atoms with Crippen LogP contribution in [-0.4, -0.2) is 70.4 Å². The van der Waals surface area contributed by atoms with Crippen molar-refractivity contribution in [3.05, 3.63) is 41.4 Å². The van der Waals surface area contributed by atoms with Crippen molar-refractivity contribution in [2.75, 3.05) is 24.7 Å². The summed E-state index contributed by atoms with van der Waals surface area (Å²) in [7, 11) is -3.09. The van der Waals surface area contributed by atoms with Crippen LogP contribution in [0, 0.1) is 13.8 Å². The average Bonchev–Trinajstić information content (AvgIpc) is 3.52. The Kier molecular flexibility index (Phi) is 6.81. The van der Waals surface area contributed by atoms with Gasteiger partial charge in [-0.3, -0.25) is 4.79 Å². The van der Waals surface area contributed by atoms with Crippen molar-refractivity contribution in [3.63, 3.8) is 0 Å². The van der Waals surface area contributed by atoms with Gasteiger partial charge in [-0.1, -0.05) is 0 Å². The van der Waals surface area contributed by atoms with Crippen LogP contribution in [0.1, 0.15) is 56.1 Å². The van der Waals surface area contributed by atoms with Gasteiger partial charge in [0.2, 0.25) is 5.91 Å². The lowest BCUT2D eigenvalue weighted by Gasteiger charge is -2.29. The van der Waals surface area contributed by atoms with Crippen LogP contribution in [0.15, 0.2) is 24.4 Å². The van der Waals surface area contributed by atoms with E-state index in [0.717, 1.165) is 35.6 Å². The second-order valence-electron chi connectivity index (χ2n) is 9.41. The number of rotatable bonds is 7. The first-order chi connectivity index (χ1) is 15.7. The minimum absolute atomic E-state index is 0.0213. The average molecular weight is 475 g/mol. The molecule has 0 bridgehead atoms. The Morgan fingerprint density at radius 3 is 2.76 bits per heavy atom. The number of carbonyl (C=O) groups excluding carboxylic acids is 1. The fraction of sp³-hybridized carbons (Fsp3) is 0.583. The first-order valence-electron chi connectivity index (χ1n) is 11.7. The fourth-order valence-corrected chi connectivity index (χ4v) is 6.63. The van der Waals surface area contributed by atoms with E-state index in [0.29, 0.717) is 19.6 Å². The van der Waals surface area contributed by atoms with Crippen LogP contribution in [0.3, 0.4) is 0 Å². The molecule has 2 aromatic heterocycles. The number of hydrogen-bond acceptors (Lipinski definition) is 5. The molecule has 0 aromatic carbocycles. The molecule has 0 aliphatic carbocycles. The van der Waals surface area contributed by atoms with Gasteiger partial charge in [-0.2, -0.15) is 5.10 Å². The molecule has 2 aliphatic rings. The van der Waals surface area contributed by atoms with E-state index in [9.17, 15) is 13.2 Å². The van der Waals surface area contributed by atoms with Gasteiger partial charge in [-0.05, 0) is 64.7 Å². The van der Waals surface area contributed by atoms with E-state index in [1.54, 1.807) is 17.2 Å². The molecule has 2 aliphatic heterocycles. The van der Waals surface area contributed by atoms with Gasteiger partial charge < -0.3 is 14.2 Å². The zero-order valence-electron chi connectivity index (χ0n) is 19.9. The molecule has 33 heavy (non-hydrogen) atoms. The zero-order valence-corrected chi connectivity index (χ0v) is 20.7. The second-order valence-corrected chi connectivity index (χ2v) is 11.6. The summed E-state index contributed by atoms with van der Waals surface area (Å²) >= 11 is 0. The predicted molar refractivity (Wildman–Crippen MR) is 128 cm³/mol. The van der Waals surface area contributed by atoms with Crippen LogP contribution < -0.4 is 0 Å². The summed E-state index contributed by atoms with van der Waals surface area (Å²) in [5, 5.41) is 4.44. The zero-order chi connectivity index (χ0) is 23.8. The highest BCUT2D eigenvalue weighted by molar-refractivity contribution is 7.91. The van der Waals surface area contributed by atoms with Gasteiger partial charge in [0.25, 0.3) is 0 Å². The second kappa shape index (κ2) is 9.46. The Morgan fingerprint density at radius 1 is 1.33 bits per heavy atom. The van der Waals surface area contributed by atoms with E-state index in [2.05, 4.69) is 29.6 Å². The van der Waals surface area contributed by atoms with Gasteiger partial charge in [0.15, 0.2) is 9.84 Å². The molecule has 0 saturated carbocycles. The molecular weight excluding hydrogens is 440 g/mol. The molecule has 2 aromatic rings. The minimum Gasteiger partial charge on any atom is -0.376 e. The smallest absolute Gasteiger partial charge is 0.246 e. The van der Waals surface area contributed by atoms with E-state index in [-0.39, 0.29) is 35.6 Å². The summed E-state index contributed by atoms with van der Waals surface area (Å²) < 4.78 is 34.0. The quantitative estimate of drug-likeness (QED) is 0.576. The molecule has 180 valence electrons. The summed E-state index contributed by atoms with van der Waals surface area (Å²) in [5.74, 6) is 1.00. The SMILES string of the molecule is Cc1cc(/C=C/C(=O)N(CC2CCCO2)C2CCS(=O)(=O)C2)c(C)n1-c1ccnn1C(C)C. The molecule has 4 rings (SSSR count). The van der Waals surface area contributed by atoms with Crippen molar-refractivity contribution >= 4 is 21.8 Å². The summed E-state index contributed by atoms with van der Waals surface area (Å²) in [6.07, 6.45) is 7.55. The van der Waals surface area contributed by atoms with Gasteiger partial charge in [0, 0.05) is 48.8 Å². The molecule has 2 saturated heterocycles. The Balaban J connectivity index is 1.57. The van der Waals surface area contributed by atoms with Crippen LogP contribution in [-0.2, 0) is 19.4 Å². The highest BCUT2D eigenvalue weighted by atomic mass is 32.2. The van der Waals surface area contributed by atoms with Crippen molar-refractivity contribution in [3.8, 4) is 5.82 Å². The molecule has 0 spiro atoms. The molecule has 1 amide bonds. The Labute approximate surface area is 196 Å². The topological polar surface area (TPSA) is 86.4 Å². The number of aromatic nitrogens is 3. The van der Waals surface area contributed by atoms with Gasteiger partial charge in [-0.15, -0.1) is 0 Å². The van der Waals surface area contributed by atoms with Crippen molar-refractivity contribution in [1.82, 2.24) is 19.2 Å². The Hall–Kier alpha value is -2.39. The fourth-order valence-electron chi connectivity index (χ4n) is 4.90. The highest BCUT2D eigenvalue weighted by Crippen LogP contribution is 2.25. The largest absolute Gasteiger partial charge is 0.376 e. The molecule has 0 N–H and O–H groups in total. The minimum atomic E-state index is -3.09. The van der Waals surface area contributed by atoms with Crippen LogP contribution in [0.5, 0.6) is 0 Å². The van der Waals surface area contributed by atoms with Crippen LogP contribution in [0.2, 0.25) is 0 Å². The Bertz CT molecular complexity index is 1140. The standard InChI is InChI=1S/C24H34N4O4S/c1-17(2)28-23(9-11-25-28)27-18(3)14-20(19(27)4)7-8-24(29)26(15-22-6-5-12-32-22)21-10-13-33(30,31)16-21/h7-9,11,14,17,21-22H,5-6,10,12-13,15-16H2,1-4H3/b8-7+. The van der Waals surface area contributed by atoms with Crippen molar-refractivity contribution in [2.45, 2.75) is 65.1 Å². The molecular formula is C24H34N4O4S. The third kappa shape index (κ3) is 5.09. The van der Waals surface area contributed by atoms with Gasteiger partial charge in [0.1, 0.15) is 5.82 Å². The first kappa shape index (κ1) is 23.8. The normalized spacial score (nSPS) is 22.6. The van der Waals surface area contributed by atoms with Crippen molar-refractivity contribution in [1.29, 1.82) is 0 Å². The molecule has 2 fully saturated rings. The summed E-state index contributed by atoms with van der Waals surface area (Å²) in [6.45, 7) is 9.39. The highest BCUT2D eigenvalue weighted by Gasteiger charge is 2.35. The maximum atomic E-state index is 13.2. The first-order valence-corrected chi connectivity index (χ1v) is 13.5. The summed E-state index contributed by atoms with van der Waals surface area (Å²) in [6, 6.07) is 3.99. The van der Waals surface area contributed by atoms with E-state index < -0.39 is 9.84 Å². The molecule has 2 unspecified atom stereocenters. The number of hydrogen-bond donors (Lipinski definition) is 0. The molecule has 0 radical (unpaired) electrons. The summed E-state index contributed by atoms with van der Waals surface area (Å²) in [5.41, 5.74) is 3.03. The lowest BCUT2D eigenvalue weighted by atomic mass is 10.1. The molecule has 8 nitrogen and oxygen atoms in total. The maximum Gasteiger partial charge on any atom is 0.246 e. The van der Waals surface area contributed by atoms with E-state index >= 15 is 0 Å².